The van der Waals surface area contributed by atoms with Crippen LogP contribution in [-0.2, 0) is 16.8 Å². The van der Waals surface area contributed by atoms with Crippen LogP contribution in [0.2, 0.25) is 0 Å². The van der Waals surface area contributed by atoms with Gasteiger partial charge in [-0.2, -0.15) is 0 Å². The van der Waals surface area contributed by atoms with Crippen molar-refractivity contribution in [1.29, 1.82) is 0 Å². The van der Waals surface area contributed by atoms with Gasteiger partial charge in [-0.3, -0.25) is 9.69 Å². The standard InChI is InChI=1S/C28H28N2O2/c29-21-10-6-9-20(15-21)27-14-13-24(22-11-4-5-12-23(22)27)28(26(31)32)18-30(17-25(27)28)16-19-7-2-1-3-8-19/h1-12,15,24-25H,13-14,16-18,29H2,(H,31,32). The Balaban J connectivity index is 1.55. The molecule has 4 unspecified atom stereocenters. The lowest BCUT2D eigenvalue weighted by Gasteiger charge is -2.59. The third kappa shape index (κ3) is 2.50. The fourth-order valence-electron chi connectivity index (χ4n) is 7.33. The van der Waals surface area contributed by atoms with Crippen LogP contribution in [0.4, 0.5) is 5.69 Å². The first kappa shape index (κ1) is 19.6. The quantitative estimate of drug-likeness (QED) is 0.599. The smallest absolute Gasteiger partial charge is 0.311 e. The van der Waals surface area contributed by atoms with Gasteiger partial charge >= 0.3 is 5.97 Å². The van der Waals surface area contributed by atoms with E-state index in [0.717, 1.165) is 31.6 Å². The summed E-state index contributed by atoms with van der Waals surface area (Å²) >= 11 is 0. The second kappa shape index (κ2) is 6.94. The molecule has 1 saturated carbocycles. The molecule has 2 bridgehead atoms. The molecule has 3 aromatic rings. The van der Waals surface area contributed by atoms with E-state index in [2.05, 4.69) is 65.6 Å². The first-order valence-electron chi connectivity index (χ1n) is 11.5. The van der Waals surface area contributed by atoms with E-state index in [1.807, 2.05) is 18.2 Å². The molecule has 1 saturated heterocycles. The molecule has 32 heavy (non-hydrogen) atoms. The average molecular weight is 425 g/mol. The van der Waals surface area contributed by atoms with Gasteiger partial charge in [0.25, 0.3) is 0 Å². The molecule has 0 amide bonds. The molecule has 3 aromatic carbocycles. The van der Waals surface area contributed by atoms with E-state index in [-0.39, 0.29) is 17.3 Å². The van der Waals surface area contributed by atoms with Crippen molar-refractivity contribution in [2.24, 2.45) is 11.3 Å². The number of nitrogen functional groups attached to an aromatic ring is 1. The summed E-state index contributed by atoms with van der Waals surface area (Å²) in [4.78, 5) is 15.5. The van der Waals surface area contributed by atoms with Crippen molar-refractivity contribution in [3.63, 3.8) is 0 Å². The van der Waals surface area contributed by atoms with E-state index < -0.39 is 11.4 Å². The Kier molecular flexibility index (Phi) is 4.25. The number of rotatable bonds is 4. The van der Waals surface area contributed by atoms with E-state index >= 15 is 0 Å². The number of carboxylic acid groups (broad SMARTS) is 1. The van der Waals surface area contributed by atoms with E-state index in [1.165, 1.54) is 22.3 Å². The molecule has 0 aromatic heterocycles. The molecule has 4 heteroatoms. The van der Waals surface area contributed by atoms with Gasteiger partial charge in [0.05, 0.1) is 5.41 Å². The normalized spacial score (nSPS) is 30.6. The average Bonchev–Trinajstić information content (AvgIpc) is 3.22. The summed E-state index contributed by atoms with van der Waals surface area (Å²) in [6.07, 6.45) is 1.87. The molecular weight excluding hydrogens is 396 g/mol. The van der Waals surface area contributed by atoms with Gasteiger partial charge in [-0.1, -0.05) is 66.7 Å². The summed E-state index contributed by atoms with van der Waals surface area (Å²) in [7, 11) is 0. The first-order chi connectivity index (χ1) is 15.6. The Labute approximate surface area is 188 Å². The number of carbonyl (C=O) groups is 1. The molecule has 2 fully saturated rings. The molecule has 4 aliphatic rings. The third-order valence-corrected chi connectivity index (χ3v) is 8.46. The zero-order valence-corrected chi connectivity index (χ0v) is 18.1. The largest absolute Gasteiger partial charge is 0.481 e. The van der Waals surface area contributed by atoms with Gasteiger partial charge in [0, 0.05) is 42.6 Å². The molecule has 4 nitrogen and oxygen atoms in total. The predicted molar refractivity (Wildman–Crippen MR) is 125 cm³/mol. The Morgan fingerprint density at radius 2 is 1.81 bits per heavy atom. The first-order valence-corrected chi connectivity index (χ1v) is 11.5. The lowest BCUT2D eigenvalue weighted by Crippen LogP contribution is -2.60. The molecular formula is C28H28N2O2. The number of hydrogen-bond acceptors (Lipinski definition) is 3. The van der Waals surface area contributed by atoms with Crippen LogP contribution in [0, 0.1) is 11.3 Å². The monoisotopic (exact) mass is 424 g/mol. The highest BCUT2D eigenvalue weighted by molar-refractivity contribution is 5.80. The highest BCUT2D eigenvalue weighted by Crippen LogP contribution is 2.69. The van der Waals surface area contributed by atoms with E-state index in [9.17, 15) is 9.90 Å². The minimum Gasteiger partial charge on any atom is -0.481 e. The Bertz CT molecular complexity index is 1190. The molecule has 1 heterocycles. The minimum absolute atomic E-state index is 0.00617. The van der Waals surface area contributed by atoms with Crippen molar-refractivity contribution in [1.82, 2.24) is 4.90 Å². The fraction of sp³-hybridized carbons (Fsp3) is 0.321. The molecule has 0 radical (unpaired) electrons. The minimum atomic E-state index is -0.786. The zero-order chi connectivity index (χ0) is 21.9. The lowest BCUT2D eigenvalue weighted by atomic mass is 9.42. The van der Waals surface area contributed by atoms with Crippen LogP contribution in [-0.4, -0.2) is 29.1 Å². The van der Waals surface area contributed by atoms with Crippen LogP contribution < -0.4 is 5.73 Å². The zero-order valence-electron chi connectivity index (χ0n) is 18.1. The summed E-state index contributed by atoms with van der Waals surface area (Å²) in [5.41, 5.74) is 10.8. The van der Waals surface area contributed by atoms with Gasteiger partial charge in [-0.15, -0.1) is 0 Å². The van der Waals surface area contributed by atoms with Gasteiger partial charge in [0.2, 0.25) is 0 Å². The van der Waals surface area contributed by atoms with Gasteiger partial charge in [0.15, 0.2) is 0 Å². The Morgan fingerprint density at radius 1 is 1.03 bits per heavy atom. The Morgan fingerprint density at radius 3 is 2.59 bits per heavy atom. The molecule has 4 atom stereocenters. The molecule has 1 aliphatic heterocycles. The van der Waals surface area contributed by atoms with Crippen molar-refractivity contribution in [2.45, 2.75) is 30.7 Å². The topological polar surface area (TPSA) is 66.6 Å². The van der Waals surface area contributed by atoms with Crippen LogP contribution >= 0.6 is 0 Å². The second-order valence-electron chi connectivity index (χ2n) is 9.83. The number of nitrogens with zero attached hydrogens (tertiary/aromatic N) is 1. The van der Waals surface area contributed by atoms with Crippen molar-refractivity contribution in [3.8, 4) is 0 Å². The fourth-order valence-corrected chi connectivity index (χ4v) is 7.33. The number of hydrogen-bond donors (Lipinski definition) is 2. The number of likely N-dealkylation sites (tertiary alicyclic amines) is 1. The third-order valence-electron chi connectivity index (χ3n) is 8.46. The molecule has 7 rings (SSSR count). The van der Waals surface area contributed by atoms with Crippen molar-refractivity contribution >= 4 is 11.7 Å². The van der Waals surface area contributed by atoms with Gasteiger partial charge in [-0.25, -0.2) is 0 Å². The summed E-state index contributed by atoms with van der Waals surface area (Å²) in [6, 6.07) is 27.1. The number of nitrogens with two attached hydrogens (primary N) is 1. The number of benzene rings is 3. The molecule has 0 spiro atoms. The summed E-state index contributed by atoms with van der Waals surface area (Å²) < 4.78 is 0. The summed E-state index contributed by atoms with van der Waals surface area (Å²) in [5, 5.41) is 10.8. The van der Waals surface area contributed by atoms with Crippen molar-refractivity contribution < 1.29 is 9.90 Å². The summed E-state index contributed by atoms with van der Waals surface area (Å²) in [5.74, 6) is -0.595. The van der Waals surface area contributed by atoms with Gasteiger partial charge < -0.3 is 10.8 Å². The predicted octanol–water partition coefficient (Wildman–Crippen LogP) is 4.65. The van der Waals surface area contributed by atoms with Crippen LogP contribution in [0.1, 0.15) is 41.0 Å². The van der Waals surface area contributed by atoms with Gasteiger partial charge in [-0.05, 0) is 47.2 Å². The van der Waals surface area contributed by atoms with E-state index in [0.29, 0.717) is 6.54 Å². The highest BCUT2D eigenvalue weighted by atomic mass is 16.4. The van der Waals surface area contributed by atoms with Crippen molar-refractivity contribution in [2.75, 3.05) is 18.8 Å². The van der Waals surface area contributed by atoms with E-state index in [4.69, 9.17) is 5.73 Å². The maximum absolute atomic E-state index is 13.1. The second-order valence-corrected chi connectivity index (χ2v) is 9.83. The van der Waals surface area contributed by atoms with Crippen LogP contribution in [0.15, 0.2) is 78.9 Å². The number of aliphatic carboxylic acids is 1. The SMILES string of the molecule is Nc1cccc(C23CCC(c4ccccc42)C2(C(=O)O)CN(Cc4ccccc4)CC32)c1. The number of fused-ring (bicyclic) bond motifs is 1. The van der Waals surface area contributed by atoms with Gasteiger partial charge in [0.1, 0.15) is 0 Å². The van der Waals surface area contributed by atoms with Crippen LogP contribution in [0.5, 0.6) is 0 Å². The summed E-state index contributed by atoms with van der Waals surface area (Å²) in [6.45, 7) is 2.15. The number of carboxylic acids is 1. The molecule has 3 aliphatic carbocycles. The molecule has 162 valence electrons. The number of anilines is 1. The maximum Gasteiger partial charge on any atom is 0.311 e. The molecule has 3 N–H and O–H groups in total. The van der Waals surface area contributed by atoms with E-state index in [1.54, 1.807) is 0 Å². The van der Waals surface area contributed by atoms with Crippen LogP contribution in [0.25, 0.3) is 0 Å². The lowest BCUT2D eigenvalue weighted by molar-refractivity contribution is -0.157. The Hall–Kier alpha value is -3.11. The highest BCUT2D eigenvalue weighted by Gasteiger charge is 2.70. The van der Waals surface area contributed by atoms with Crippen molar-refractivity contribution in [3.05, 3.63) is 101 Å². The van der Waals surface area contributed by atoms with Crippen LogP contribution in [0.3, 0.4) is 0 Å². The maximum atomic E-state index is 13.1.